The van der Waals surface area contributed by atoms with Crippen molar-refractivity contribution in [2.45, 2.75) is 20.3 Å². The molecule has 0 aromatic carbocycles. The Hall–Kier alpha value is -0.650. The zero-order chi connectivity index (χ0) is 11.0. The molecule has 0 aromatic heterocycles. The lowest BCUT2D eigenvalue weighted by Crippen LogP contribution is -2.43. The second kappa shape index (κ2) is 6.75. The highest BCUT2D eigenvalue weighted by atomic mass is 16.5. The molecule has 0 saturated heterocycles. The lowest BCUT2D eigenvalue weighted by atomic mass is 9.94. The average molecular weight is 204 g/mol. The van der Waals surface area contributed by atoms with Gasteiger partial charge in [0.25, 0.3) is 0 Å². The predicted molar refractivity (Wildman–Crippen MR) is 53.4 cm³/mol. The minimum atomic E-state index is -0.582. The summed E-state index contributed by atoms with van der Waals surface area (Å²) >= 11 is 0. The van der Waals surface area contributed by atoms with Gasteiger partial charge in [-0.3, -0.25) is 10.2 Å². The fraction of sp³-hybridized carbons (Fsp3) is 0.889. The summed E-state index contributed by atoms with van der Waals surface area (Å²) in [5, 5.41) is 0. The lowest BCUT2D eigenvalue weighted by Gasteiger charge is -2.21. The molecule has 0 aliphatic heterocycles. The molecule has 0 atom stereocenters. The molecular formula is C9H20N2O3. The third-order valence-corrected chi connectivity index (χ3v) is 1.85. The van der Waals surface area contributed by atoms with Crippen LogP contribution in [0, 0.1) is 5.41 Å². The summed E-state index contributed by atoms with van der Waals surface area (Å²) < 4.78 is 10.2. The van der Waals surface area contributed by atoms with Crippen molar-refractivity contribution in [2.75, 3.05) is 26.9 Å². The maximum Gasteiger partial charge on any atom is 0.241 e. The molecule has 0 unspecified atom stereocenters. The summed E-state index contributed by atoms with van der Waals surface area (Å²) in [6, 6.07) is 0. The quantitative estimate of drug-likeness (QED) is 0.266. The van der Waals surface area contributed by atoms with Crippen LogP contribution in [0.1, 0.15) is 20.3 Å². The number of hydrogen-bond donors (Lipinski definition) is 2. The van der Waals surface area contributed by atoms with Gasteiger partial charge in [-0.05, 0) is 20.3 Å². The maximum absolute atomic E-state index is 11.2. The van der Waals surface area contributed by atoms with Crippen molar-refractivity contribution in [3.63, 3.8) is 0 Å². The minimum absolute atomic E-state index is 0.218. The highest BCUT2D eigenvalue weighted by Crippen LogP contribution is 2.14. The first-order valence-electron chi connectivity index (χ1n) is 4.62. The Morgan fingerprint density at radius 2 is 2.07 bits per heavy atom. The minimum Gasteiger partial charge on any atom is -0.385 e. The van der Waals surface area contributed by atoms with Crippen molar-refractivity contribution >= 4 is 5.91 Å². The van der Waals surface area contributed by atoms with E-state index in [2.05, 4.69) is 5.43 Å². The Bertz CT molecular complexity index is 171. The van der Waals surface area contributed by atoms with E-state index in [0.717, 1.165) is 6.42 Å². The number of amides is 1. The standard InChI is InChI=1S/C9H20N2O3/c1-9(2,8(12)11-10)7-14-6-4-5-13-3/h4-7,10H2,1-3H3,(H,11,12). The Morgan fingerprint density at radius 3 is 2.57 bits per heavy atom. The van der Waals surface area contributed by atoms with Gasteiger partial charge < -0.3 is 9.47 Å². The van der Waals surface area contributed by atoms with E-state index in [1.165, 1.54) is 0 Å². The summed E-state index contributed by atoms with van der Waals surface area (Å²) in [6.45, 7) is 5.19. The third-order valence-electron chi connectivity index (χ3n) is 1.85. The van der Waals surface area contributed by atoms with Gasteiger partial charge in [0.05, 0.1) is 12.0 Å². The van der Waals surface area contributed by atoms with Gasteiger partial charge in [0, 0.05) is 20.3 Å². The van der Waals surface area contributed by atoms with E-state index in [-0.39, 0.29) is 5.91 Å². The van der Waals surface area contributed by atoms with Crippen LogP contribution in [0.4, 0.5) is 0 Å². The molecule has 14 heavy (non-hydrogen) atoms. The normalized spacial score (nSPS) is 11.4. The Balaban J connectivity index is 3.60. The van der Waals surface area contributed by atoms with Gasteiger partial charge in [-0.25, -0.2) is 5.84 Å². The van der Waals surface area contributed by atoms with Gasteiger partial charge in [0.2, 0.25) is 5.91 Å². The Morgan fingerprint density at radius 1 is 1.43 bits per heavy atom. The molecule has 5 nitrogen and oxygen atoms in total. The molecule has 0 rings (SSSR count). The van der Waals surface area contributed by atoms with Crippen molar-refractivity contribution in [3.05, 3.63) is 0 Å². The summed E-state index contributed by atoms with van der Waals surface area (Å²) in [5.74, 6) is 4.82. The van der Waals surface area contributed by atoms with E-state index < -0.39 is 5.41 Å². The number of rotatable bonds is 7. The summed E-state index contributed by atoms with van der Waals surface area (Å²) in [6.07, 6.45) is 0.830. The SMILES string of the molecule is COCCCOCC(C)(C)C(=O)NN. The zero-order valence-corrected chi connectivity index (χ0v) is 9.13. The molecule has 0 saturated carbocycles. The highest BCUT2D eigenvalue weighted by Gasteiger charge is 2.26. The number of carbonyl (C=O) groups excluding carboxylic acids is 1. The zero-order valence-electron chi connectivity index (χ0n) is 9.13. The molecule has 0 heterocycles. The molecule has 0 aliphatic carbocycles. The number of methoxy groups -OCH3 is 1. The molecule has 3 N–H and O–H groups in total. The van der Waals surface area contributed by atoms with Crippen LogP contribution < -0.4 is 11.3 Å². The summed E-state index contributed by atoms with van der Waals surface area (Å²) in [7, 11) is 1.64. The van der Waals surface area contributed by atoms with E-state index in [9.17, 15) is 4.79 Å². The Kier molecular flexibility index (Phi) is 6.44. The van der Waals surface area contributed by atoms with E-state index in [0.29, 0.717) is 19.8 Å². The van der Waals surface area contributed by atoms with Gasteiger partial charge in [0.1, 0.15) is 0 Å². The molecule has 1 amide bonds. The van der Waals surface area contributed by atoms with Crippen LogP contribution in [0.5, 0.6) is 0 Å². The maximum atomic E-state index is 11.2. The van der Waals surface area contributed by atoms with Crippen molar-refractivity contribution in [3.8, 4) is 0 Å². The first-order valence-corrected chi connectivity index (χ1v) is 4.62. The Labute approximate surface area is 84.9 Å². The topological polar surface area (TPSA) is 73.6 Å². The summed E-state index contributed by atoms with van der Waals surface area (Å²) in [4.78, 5) is 11.2. The number of carbonyl (C=O) groups is 1. The van der Waals surface area contributed by atoms with Crippen molar-refractivity contribution < 1.29 is 14.3 Å². The monoisotopic (exact) mass is 204 g/mol. The van der Waals surface area contributed by atoms with Gasteiger partial charge in [-0.1, -0.05) is 0 Å². The van der Waals surface area contributed by atoms with E-state index in [1.807, 2.05) is 0 Å². The van der Waals surface area contributed by atoms with E-state index in [4.69, 9.17) is 15.3 Å². The number of hydrogen-bond acceptors (Lipinski definition) is 4. The van der Waals surface area contributed by atoms with Crippen molar-refractivity contribution in [1.82, 2.24) is 5.43 Å². The van der Waals surface area contributed by atoms with Crippen LogP contribution in [0.2, 0.25) is 0 Å². The van der Waals surface area contributed by atoms with Crippen LogP contribution in [-0.4, -0.2) is 32.8 Å². The highest BCUT2D eigenvalue weighted by molar-refractivity contribution is 5.81. The first kappa shape index (κ1) is 13.4. The molecule has 84 valence electrons. The van der Waals surface area contributed by atoms with Crippen LogP contribution in [0.25, 0.3) is 0 Å². The average Bonchev–Trinajstić information content (AvgIpc) is 2.16. The van der Waals surface area contributed by atoms with Crippen LogP contribution in [0.15, 0.2) is 0 Å². The van der Waals surface area contributed by atoms with Gasteiger partial charge >= 0.3 is 0 Å². The van der Waals surface area contributed by atoms with Gasteiger partial charge in [-0.15, -0.1) is 0 Å². The smallest absolute Gasteiger partial charge is 0.241 e. The second-order valence-corrected chi connectivity index (χ2v) is 3.76. The van der Waals surface area contributed by atoms with Gasteiger partial charge in [-0.2, -0.15) is 0 Å². The number of ether oxygens (including phenoxy) is 2. The molecule has 5 heteroatoms. The van der Waals surface area contributed by atoms with E-state index in [1.54, 1.807) is 21.0 Å². The van der Waals surface area contributed by atoms with Crippen molar-refractivity contribution in [2.24, 2.45) is 11.3 Å². The number of nitrogens with two attached hydrogens (primary N) is 1. The lowest BCUT2D eigenvalue weighted by molar-refractivity contribution is -0.132. The number of nitrogens with one attached hydrogen (secondary N) is 1. The fourth-order valence-corrected chi connectivity index (χ4v) is 0.894. The predicted octanol–water partition coefficient (Wildman–Crippen LogP) is 0.0556. The molecule has 0 bridgehead atoms. The molecular weight excluding hydrogens is 184 g/mol. The van der Waals surface area contributed by atoms with Gasteiger partial charge in [0.15, 0.2) is 0 Å². The molecule has 0 fully saturated rings. The summed E-state index contributed by atoms with van der Waals surface area (Å²) in [5.41, 5.74) is 1.53. The van der Waals surface area contributed by atoms with Crippen LogP contribution in [0.3, 0.4) is 0 Å². The van der Waals surface area contributed by atoms with Crippen LogP contribution in [-0.2, 0) is 14.3 Å². The largest absolute Gasteiger partial charge is 0.385 e. The number of hydrazine groups is 1. The molecule has 0 aliphatic rings. The second-order valence-electron chi connectivity index (χ2n) is 3.76. The molecule has 0 aromatic rings. The van der Waals surface area contributed by atoms with E-state index >= 15 is 0 Å². The molecule has 0 spiro atoms. The fourth-order valence-electron chi connectivity index (χ4n) is 0.894. The first-order chi connectivity index (χ1) is 6.54. The van der Waals surface area contributed by atoms with Crippen molar-refractivity contribution in [1.29, 1.82) is 0 Å². The third kappa shape index (κ3) is 5.16. The van der Waals surface area contributed by atoms with Crippen LogP contribution >= 0.6 is 0 Å². The molecule has 0 radical (unpaired) electrons.